The zero-order chi connectivity index (χ0) is 15.4. The van der Waals surface area contributed by atoms with Gasteiger partial charge in [-0.15, -0.1) is 12.4 Å². The minimum atomic E-state index is -0.667. The Hall–Kier alpha value is -1.78. The van der Waals surface area contributed by atoms with Gasteiger partial charge in [-0.1, -0.05) is 49.2 Å². The molecule has 1 amide bonds. The SMILES string of the molecule is Cl.NC1(C(=O)NCCOc2cccc3ccccc23)CCCC1. The molecular weight excluding hydrogens is 312 g/mol. The molecule has 0 spiro atoms. The molecule has 2 aromatic carbocycles. The fourth-order valence-electron chi connectivity index (χ4n) is 3.06. The zero-order valence-corrected chi connectivity index (χ0v) is 13.9. The summed E-state index contributed by atoms with van der Waals surface area (Å²) in [7, 11) is 0. The molecule has 0 saturated heterocycles. The van der Waals surface area contributed by atoms with E-state index in [1.807, 2.05) is 30.3 Å². The van der Waals surface area contributed by atoms with E-state index in [0.29, 0.717) is 13.2 Å². The molecule has 1 aliphatic rings. The zero-order valence-electron chi connectivity index (χ0n) is 13.1. The maximum Gasteiger partial charge on any atom is 0.240 e. The molecule has 3 rings (SSSR count). The summed E-state index contributed by atoms with van der Waals surface area (Å²) in [5.74, 6) is 0.794. The molecule has 0 bridgehead atoms. The van der Waals surface area contributed by atoms with Crippen LogP contribution in [0.25, 0.3) is 10.8 Å². The van der Waals surface area contributed by atoms with Crippen LogP contribution in [0.15, 0.2) is 42.5 Å². The highest BCUT2D eigenvalue weighted by Crippen LogP contribution is 2.27. The van der Waals surface area contributed by atoms with Crippen LogP contribution in [0, 0.1) is 0 Å². The van der Waals surface area contributed by atoms with Crippen LogP contribution in [-0.4, -0.2) is 24.6 Å². The van der Waals surface area contributed by atoms with E-state index >= 15 is 0 Å². The van der Waals surface area contributed by atoms with Crippen LogP contribution in [0.1, 0.15) is 25.7 Å². The number of benzene rings is 2. The Labute approximate surface area is 142 Å². The molecular formula is C18H23ClN2O2. The first-order chi connectivity index (χ1) is 10.7. The highest BCUT2D eigenvalue weighted by atomic mass is 35.5. The molecule has 1 fully saturated rings. The van der Waals surface area contributed by atoms with Crippen LogP contribution in [0.2, 0.25) is 0 Å². The number of hydrogen-bond acceptors (Lipinski definition) is 3. The number of hydrogen-bond donors (Lipinski definition) is 2. The second-order valence-electron chi connectivity index (χ2n) is 5.94. The average molecular weight is 335 g/mol. The van der Waals surface area contributed by atoms with Gasteiger partial charge in [0, 0.05) is 5.39 Å². The van der Waals surface area contributed by atoms with Crippen molar-refractivity contribution >= 4 is 29.1 Å². The second kappa shape index (κ2) is 7.66. The fourth-order valence-corrected chi connectivity index (χ4v) is 3.06. The lowest BCUT2D eigenvalue weighted by Gasteiger charge is -2.22. The molecule has 0 aliphatic heterocycles. The van der Waals surface area contributed by atoms with Gasteiger partial charge in [-0.3, -0.25) is 4.79 Å². The lowest BCUT2D eigenvalue weighted by atomic mass is 9.98. The molecule has 2 aromatic rings. The third-order valence-corrected chi connectivity index (χ3v) is 4.34. The summed E-state index contributed by atoms with van der Waals surface area (Å²) in [6.07, 6.45) is 3.64. The highest BCUT2D eigenvalue weighted by Gasteiger charge is 2.36. The van der Waals surface area contributed by atoms with Gasteiger partial charge in [0.1, 0.15) is 12.4 Å². The first kappa shape index (κ1) is 17.6. The summed E-state index contributed by atoms with van der Waals surface area (Å²) < 4.78 is 5.81. The summed E-state index contributed by atoms with van der Waals surface area (Å²) in [6, 6.07) is 14.1. The number of nitrogens with two attached hydrogens (primary N) is 1. The van der Waals surface area contributed by atoms with Gasteiger partial charge in [-0.25, -0.2) is 0 Å². The number of nitrogens with one attached hydrogen (secondary N) is 1. The van der Waals surface area contributed by atoms with Crippen molar-refractivity contribution in [2.75, 3.05) is 13.2 Å². The summed E-state index contributed by atoms with van der Waals surface area (Å²) in [5, 5.41) is 5.13. The number of carbonyl (C=O) groups excluding carboxylic acids is 1. The standard InChI is InChI=1S/C18H22N2O2.ClH/c19-18(10-3-4-11-18)17(21)20-12-13-22-16-9-5-7-14-6-1-2-8-15(14)16;/h1-2,5-9H,3-4,10-13,19H2,(H,20,21);1H. The smallest absolute Gasteiger partial charge is 0.240 e. The third-order valence-electron chi connectivity index (χ3n) is 4.34. The third kappa shape index (κ3) is 3.95. The second-order valence-corrected chi connectivity index (χ2v) is 5.94. The Morgan fingerprint density at radius 2 is 1.83 bits per heavy atom. The molecule has 4 nitrogen and oxygen atoms in total. The van der Waals surface area contributed by atoms with Crippen molar-refractivity contribution in [3.63, 3.8) is 0 Å². The maximum absolute atomic E-state index is 12.1. The highest BCUT2D eigenvalue weighted by molar-refractivity contribution is 5.88. The summed E-state index contributed by atoms with van der Waals surface area (Å²) in [5.41, 5.74) is 5.45. The van der Waals surface area contributed by atoms with Crippen molar-refractivity contribution in [3.8, 4) is 5.75 Å². The number of halogens is 1. The van der Waals surface area contributed by atoms with Crippen LogP contribution in [0.3, 0.4) is 0 Å². The summed E-state index contributed by atoms with van der Waals surface area (Å²) >= 11 is 0. The Bertz CT molecular complexity index is 664. The van der Waals surface area contributed by atoms with Crippen molar-refractivity contribution in [1.29, 1.82) is 0 Å². The molecule has 1 saturated carbocycles. The fraction of sp³-hybridized carbons (Fsp3) is 0.389. The van der Waals surface area contributed by atoms with E-state index in [-0.39, 0.29) is 18.3 Å². The van der Waals surface area contributed by atoms with E-state index in [0.717, 1.165) is 42.2 Å². The van der Waals surface area contributed by atoms with Crippen LogP contribution in [0.5, 0.6) is 5.75 Å². The van der Waals surface area contributed by atoms with Crippen LogP contribution < -0.4 is 15.8 Å². The van der Waals surface area contributed by atoms with Gasteiger partial charge in [-0.05, 0) is 24.3 Å². The molecule has 0 radical (unpaired) electrons. The van der Waals surface area contributed by atoms with Crippen molar-refractivity contribution < 1.29 is 9.53 Å². The van der Waals surface area contributed by atoms with E-state index < -0.39 is 5.54 Å². The summed E-state index contributed by atoms with van der Waals surface area (Å²) in [6.45, 7) is 0.914. The quantitative estimate of drug-likeness (QED) is 0.826. The predicted molar refractivity (Wildman–Crippen MR) is 95.1 cm³/mol. The number of ether oxygens (including phenoxy) is 1. The maximum atomic E-state index is 12.1. The van der Waals surface area contributed by atoms with E-state index in [4.69, 9.17) is 10.5 Å². The summed E-state index contributed by atoms with van der Waals surface area (Å²) in [4.78, 5) is 12.1. The topological polar surface area (TPSA) is 64.4 Å². The first-order valence-electron chi connectivity index (χ1n) is 7.87. The average Bonchev–Trinajstić information content (AvgIpc) is 2.99. The monoisotopic (exact) mass is 334 g/mol. The van der Waals surface area contributed by atoms with Crippen molar-refractivity contribution in [3.05, 3.63) is 42.5 Å². The van der Waals surface area contributed by atoms with E-state index in [1.165, 1.54) is 0 Å². The number of carbonyl (C=O) groups is 1. The van der Waals surface area contributed by atoms with Gasteiger partial charge in [0.05, 0.1) is 12.1 Å². The van der Waals surface area contributed by atoms with Crippen LogP contribution >= 0.6 is 12.4 Å². The van der Waals surface area contributed by atoms with Crippen molar-refractivity contribution in [1.82, 2.24) is 5.32 Å². The molecule has 0 aromatic heterocycles. The largest absolute Gasteiger partial charge is 0.491 e. The minimum Gasteiger partial charge on any atom is -0.491 e. The van der Waals surface area contributed by atoms with Crippen molar-refractivity contribution in [2.45, 2.75) is 31.2 Å². The lowest BCUT2D eigenvalue weighted by Crippen LogP contribution is -2.52. The normalized spacial score (nSPS) is 15.9. The van der Waals surface area contributed by atoms with Gasteiger partial charge in [0.2, 0.25) is 5.91 Å². The molecule has 0 atom stereocenters. The van der Waals surface area contributed by atoms with E-state index in [1.54, 1.807) is 0 Å². The van der Waals surface area contributed by atoms with Crippen LogP contribution in [-0.2, 0) is 4.79 Å². The van der Waals surface area contributed by atoms with Gasteiger partial charge >= 0.3 is 0 Å². The Balaban J connectivity index is 0.00000192. The van der Waals surface area contributed by atoms with E-state index in [9.17, 15) is 4.79 Å². The van der Waals surface area contributed by atoms with Gasteiger partial charge in [0.15, 0.2) is 0 Å². The molecule has 124 valence electrons. The minimum absolute atomic E-state index is 0. The Morgan fingerprint density at radius 3 is 2.61 bits per heavy atom. The van der Waals surface area contributed by atoms with Crippen LogP contribution in [0.4, 0.5) is 0 Å². The molecule has 0 heterocycles. The molecule has 1 aliphatic carbocycles. The molecule has 23 heavy (non-hydrogen) atoms. The molecule has 0 unspecified atom stereocenters. The first-order valence-corrected chi connectivity index (χ1v) is 7.87. The van der Waals surface area contributed by atoms with Gasteiger partial charge < -0.3 is 15.8 Å². The van der Waals surface area contributed by atoms with Crippen molar-refractivity contribution in [2.24, 2.45) is 5.73 Å². The van der Waals surface area contributed by atoms with Gasteiger partial charge in [-0.2, -0.15) is 0 Å². The lowest BCUT2D eigenvalue weighted by molar-refractivity contribution is -0.126. The predicted octanol–water partition coefficient (Wildman–Crippen LogP) is 3.03. The van der Waals surface area contributed by atoms with Gasteiger partial charge in [0.25, 0.3) is 0 Å². The number of fused-ring (bicyclic) bond motifs is 1. The Kier molecular flexibility index (Phi) is 5.85. The molecule has 3 N–H and O–H groups in total. The van der Waals surface area contributed by atoms with E-state index in [2.05, 4.69) is 17.4 Å². The number of amides is 1. The molecule has 5 heteroatoms. The Morgan fingerprint density at radius 1 is 1.13 bits per heavy atom. The number of rotatable bonds is 5.